The Morgan fingerprint density at radius 1 is 1.24 bits per heavy atom. The van der Waals surface area contributed by atoms with Crippen LogP contribution >= 0.6 is 0 Å². The molecule has 0 aliphatic carbocycles. The van der Waals surface area contributed by atoms with E-state index in [1.165, 1.54) is 30.3 Å². The van der Waals surface area contributed by atoms with Gasteiger partial charge in [-0.2, -0.15) is 0 Å². The minimum Gasteiger partial charge on any atom is -0.508 e. The number of nitro benzene ring substituents is 1. The molecular weight excluding hydrogens is 324 g/mol. The fraction of sp³-hybridized carbons (Fsp3) is 0.167. The van der Waals surface area contributed by atoms with Gasteiger partial charge in [0.1, 0.15) is 11.3 Å². The van der Waals surface area contributed by atoms with Gasteiger partial charge in [-0.3, -0.25) is 10.1 Å². The number of benzene rings is 2. The first kappa shape index (κ1) is 16.7. The van der Waals surface area contributed by atoms with Gasteiger partial charge in [0.2, 0.25) is 0 Å². The molecule has 0 radical (unpaired) electrons. The number of nitrogens with one attached hydrogen (secondary N) is 1. The molecule has 1 heterocycles. The number of hydrogen-bond donors (Lipinski definition) is 2. The quantitative estimate of drug-likeness (QED) is 0.419. The summed E-state index contributed by atoms with van der Waals surface area (Å²) in [5.41, 5.74) is 1.35. The van der Waals surface area contributed by atoms with E-state index in [1.807, 2.05) is 6.92 Å². The van der Waals surface area contributed by atoms with Crippen molar-refractivity contribution in [2.75, 3.05) is 0 Å². The molecule has 3 rings (SSSR count). The minimum absolute atomic E-state index is 0.0192. The maximum atomic E-state index is 11.7. The van der Waals surface area contributed by atoms with Crippen LogP contribution in [0.5, 0.6) is 5.75 Å². The number of fused-ring (bicyclic) bond motifs is 1. The smallest absolute Gasteiger partial charge is 0.336 e. The van der Waals surface area contributed by atoms with Crippen LogP contribution in [0.2, 0.25) is 0 Å². The molecule has 0 spiro atoms. The first-order valence-corrected chi connectivity index (χ1v) is 7.67. The second kappa shape index (κ2) is 6.74. The van der Waals surface area contributed by atoms with Crippen LogP contribution in [0.1, 0.15) is 24.1 Å². The SMILES string of the molecule is C[C@@H](NCc1cc(=O)oc2cc(O)ccc12)c1cccc([N+](=O)[O-])c1. The average Bonchev–Trinajstić information content (AvgIpc) is 2.58. The summed E-state index contributed by atoms with van der Waals surface area (Å²) in [6.07, 6.45) is 0. The zero-order valence-corrected chi connectivity index (χ0v) is 13.4. The van der Waals surface area contributed by atoms with Gasteiger partial charge in [0.05, 0.1) is 4.92 Å². The lowest BCUT2D eigenvalue weighted by molar-refractivity contribution is -0.384. The van der Waals surface area contributed by atoms with Crippen LogP contribution in [0.15, 0.2) is 57.7 Å². The third-order valence-corrected chi connectivity index (χ3v) is 3.99. The number of phenols is 1. The van der Waals surface area contributed by atoms with E-state index < -0.39 is 10.5 Å². The summed E-state index contributed by atoms with van der Waals surface area (Å²) in [5, 5.41) is 24.4. The van der Waals surface area contributed by atoms with Crippen LogP contribution in [0.25, 0.3) is 11.0 Å². The van der Waals surface area contributed by atoms with Gasteiger partial charge in [-0.25, -0.2) is 4.79 Å². The topological polar surface area (TPSA) is 106 Å². The van der Waals surface area contributed by atoms with E-state index in [2.05, 4.69) is 5.32 Å². The number of phenolic OH excluding ortho intramolecular Hbond substituents is 1. The molecule has 2 aromatic carbocycles. The van der Waals surface area contributed by atoms with Crippen molar-refractivity contribution in [3.8, 4) is 5.75 Å². The molecule has 0 bridgehead atoms. The molecule has 0 aliphatic rings. The molecule has 0 unspecified atom stereocenters. The lowest BCUT2D eigenvalue weighted by Crippen LogP contribution is -2.19. The number of non-ortho nitro benzene ring substituents is 1. The maximum Gasteiger partial charge on any atom is 0.336 e. The van der Waals surface area contributed by atoms with Crippen LogP contribution in [-0.4, -0.2) is 10.0 Å². The van der Waals surface area contributed by atoms with Gasteiger partial charge in [-0.05, 0) is 30.2 Å². The van der Waals surface area contributed by atoms with E-state index >= 15 is 0 Å². The van der Waals surface area contributed by atoms with Crippen molar-refractivity contribution in [2.45, 2.75) is 19.5 Å². The fourth-order valence-corrected chi connectivity index (χ4v) is 2.65. The van der Waals surface area contributed by atoms with Crippen molar-refractivity contribution in [1.29, 1.82) is 0 Å². The van der Waals surface area contributed by atoms with Crippen molar-refractivity contribution >= 4 is 16.7 Å². The monoisotopic (exact) mass is 340 g/mol. The highest BCUT2D eigenvalue weighted by atomic mass is 16.6. The molecule has 0 fully saturated rings. The highest BCUT2D eigenvalue weighted by Gasteiger charge is 2.12. The highest BCUT2D eigenvalue weighted by Crippen LogP contribution is 2.23. The van der Waals surface area contributed by atoms with Crippen molar-refractivity contribution in [2.24, 2.45) is 0 Å². The van der Waals surface area contributed by atoms with Crippen molar-refractivity contribution < 1.29 is 14.4 Å². The molecule has 0 aliphatic heterocycles. The Hall–Kier alpha value is -3.19. The Balaban J connectivity index is 1.84. The van der Waals surface area contributed by atoms with E-state index in [-0.39, 0.29) is 17.5 Å². The molecule has 0 saturated heterocycles. The van der Waals surface area contributed by atoms with E-state index in [4.69, 9.17) is 4.42 Å². The molecule has 0 amide bonds. The maximum absolute atomic E-state index is 11.7. The molecule has 7 heteroatoms. The summed E-state index contributed by atoms with van der Waals surface area (Å²) in [6, 6.07) is 12.3. The van der Waals surface area contributed by atoms with Gasteiger partial charge in [-0.15, -0.1) is 0 Å². The second-order valence-electron chi connectivity index (χ2n) is 5.73. The Morgan fingerprint density at radius 3 is 2.80 bits per heavy atom. The lowest BCUT2D eigenvalue weighted by atomic mass is 10.1. The summed E-state index contributed by atoms with van der Waals surface area (Å²) in [5.74, 6) is 0.0192. The fourth-order valence-electron chi connectivity index (χ4n) is 2.65. The summed E-state index contributed by atoms with van der Waals surface area (Å²) >= 11 is 0. The summed E-state index contributed by atoms with van der Waals surface area (Å²) in [6.45, 7) is 2.26. The number of aromatic hydroxyl groups is 1. The van der Waals surface area contributed by atoms with Crippen LogP contribution < -0.4 is 10.9 Å². The summed E-state index contributed by atoms with van der Waals surface area (Å²) in [7, 11) is 0. The van der Waals surface area contributed by atoms with Crippen molar-refractivity contribution in [3.05, 3.63) is 80.2 Å². The molecule has 7 nitrogen and oxygen atoms in total. The largest absolute Gasteiger partial charge is 0.508 e. The molecule has 1 aromatic heterocycles. The number of rotatable bonds is 5. The van der Waals surface area contributed by atoms with Crippen molar-refractivity contribution in [3.63, 3.8) is 0 Å². The van der Waals surface area contributed by atoms with Crippen LogP contribution in [0, 0.1) is 10.1 Å². The third kappa shape index (κ3) is 3.67. The van der Waals surface area contributed by atoms with Gasteiger partial charge in [0, 0.05) is 42.2 Å². The molecule has 128 valence electrons. The van der Waals surface area contributed by atoms with Gasteiger partial charge >= 0.3 is 5.63 Å². The molecule has 3 aromatic rings. The predicted molar refractivity (Wildman–Crippen MR) is 92.5 cm³/mol. The first-order chi connectivity index (χ1) is 11.9. The Kier molecular flexibility index (Phi) is 4.49. The van der Waals surface area contributed by atoms with Gasteiger partial charge in [0.25, 0.3) is 5.69 Å². The van der Waals surface area contributed by atoms with Gasteiger partial charge < -0.3 is 14.8 Å². The Morgan fingerprint density at radius 2 is 2.04 bits per heavy atom. The van der Waals surface area contributed by atoms with Gasteiger partial charge in [0.15, 0.2) is 0 Å². The zero-order chi connectivity index (χ0) is 18.0. The van der Waals surface area contributed by atoms with Crippen LogP contribution in [-0.2, 0) is 6.54 Å². The molecule has 2 N–H and O–H groups in total. The van der Waals surface area contributed by atoms with Crippen molar-refractivity contribution in [1.82, 2.24) is 5.32 Å². The Labute approximate surface area is 142 Å². The highest BCUT2D eigenvalue weighted by molar-refractivity contribution is 5.81. The molecular formula is C18H16N2O5. The number of nitrogens with zero attached hydrogens (tertiary/aromatic N) is 1. The Bertz CT molecular complexity index is 996. The molecule has 1 atom stereocenters. The number of hydrogen-bond acceptors (Lipinski definition) is 6. The van der Waals surface area contributed by atoms with Gasteiger partial charge in [-0.1, -0.05) is 12.1 Å². The number of nitro groups is 1. The zero-order valence-electron chi connectivity index (χ0n) is 13.4. The molecule has 25 heavy (non-hydrogen) atoms. The van der Waals surface area contributed by atoms with E-state index in [1.54, 1.807) is 18.2 Å². The minimum atomic E-state index is -0.502. The summed E-state index contributed by atoms with van der Waals surface area (Å²) in [4.78, 5) is 22.2. The van der Waals surface area contributed by atoms with Crippen LogP contribution in [0.3, 0.4) is 0 Å². The van der Waals surface area contributed by atoms with Crippen LogP contribution in [0.4, 0.5) is 5.69 Å². The normalized spacial score (nSPS) is 12.2. The summed E-state index contributed by atoms with van der Waals surface area (Å²) < 4.78 is 5.10. The standard InChI is InChI=1S/C18H16N2O5/c1-11(12-3-2-4-14(7-12)20(23)24)19-10-13-8-18(22)25-17-9-15(21)5-6-16(13)17/h2-9,11,19,21H,10H2,1H3/t11-/m1/s1. The third-order valence-electron chi connectivity index (χ3n) is 3.99. The predicted octanol–water partition coefficient (Wildman–Crippen LogP) is 3.26. The lowest BCUT2D eigenvalue weighted by Gasteiger charge is -2.15. The average molecular weight is 340 g/mol. The first-order valence-electron chi connectivity index (χ1n) is 7.67. The molecule has 0 saturated carbocycles. The van der Waals surface area contributed by atoms with E-state index in [9.17, 15) is 20.0 Å². The van der Waals surface area contributed by atoms with E-state index in [0.29, 0.717) is 12.1 Å². The second-order valence-corrected chi connectivity index (χ2v) is 5.73. The van der Waals surface area contributed by atoms with E-state index in [0.717, 1.165) is 16.5 Å².